The van der Waals surface area contributed by atoms with Gasteiger partial charge in [-0.2, -0.15) is 5.10 Å². The summed E-state index contributed by atoms with van der Waals surface area (Å²) in [7, 11) is 1.52. The van der Waals surface area contributed by atoms with E-state index in [0.717, 1.165) is 9.13 Å². The number of hydrogen-bond acceptors (Lipinski definition) is 5. The summed E-state index contributed by atoms with van der Waals surface area (Å²) in [5.74, 6) is -1.17. The van der Waals surface area contributed by atoms with E-state index >= 15 is 0 Å². The normalized spacial score (nSPS) is 11.9. The van der Waals surface area contributed by atoms with Gasteiger partial charge in [0, 0.05) is 15.6 Å². The van der Waals surface area contributed by atoms with Crippen LogP contribution in [0.4, 0.5) is 4.39 Å². The van der Waals surface area contributed by atoms with Crippen molar-refractivity contribution in [3.8, 4) is 11.5 Å². The molecule has 38 heavy (non-hydrogen) atoms. The van der Waals surface area contributed by atoms with Gasteiger partial charge in [-0.3, -0.25) is 9.59 Å². The Kier molecular flexibility index (Phi) is 10.7. The van der Waals surface area contributed by atoms with Gasteiger partial charge in [-0.05, 0) is 70.5 Å². The lowest BCUT2D eigenvalue weighted by molar-refractivity contribution is -0.123. The average molecular weight is 672 g/mol. The van der Waals surface area contributed by atoms with Gasteiger partial charge in [0.2, 0.25) is 0 Å². The molecule has 200 valence electrons. The number of carbonyl (C=O) groups excluding carboxylic acids is 2. The second-order valence-electron chi connectivity index (χ2n) is 8.47. The number of methoxy groups -OCH3 is 1. The quantitative estimate of drug-likeness (QED) is 0.152. The van der Waals surface area contributed by atoms with Gasteiger partial charge in [-0.25, -0.2) is 9.82 Å². The maximum absolute atomic E-state index is 14.0. The lowest BCUT2D eigenvalue weighted by Gasteiger charge is -2.20. The summed E-state index contributed by atoms with van der Waals surface area (Å²) in [6.45, 7) is 3.73. The number of nitrogens with zero attached hydrogens (tertiary/aromatic N) is 1. The van der Waals surface area contributed by atoms with Crippen molar-refractivity contribution in [3.63, 3.8) is 0 Å². The molecule has 0 fully saturated rings. The van der Waals surface area contributed by atoms with Crippen LogP contribution in [0.3, 0.4) is 0 Å². The van der Waals surface area contributed by atoms with Crippen LogP contribution in [0.1, 0.15) is 35.3 Å². The third-order valence-electron chi connectivity index (χ3n) is 5.38. The van der Waals surface area contributed by atoms with Gasteiger partial charge in [0.15, 0.2) is 11.5 Å². The molecule has 7 nitrogen and oxygen atoms in total. The van der Waals surface area contributed by atoms with Crippen LogP contribution < -0.4 is 20.2 Å². The molecule has 0 heterocycles. The van der Waals surface area contributed by atoms with Crippen molar-refractivity contribution in [1.29, 1.82) is 0 Å². The summed E-state index contributed by atoms with van der Waals surface area (Å²) in [5, 5.41) is 7.63. The first kappa shape index (κ1) is 29.7. The van der Waals surface area contributed by atoms with E-state index in [1.54, 1.807) is 50.2 Å². The Morgan fingerprint density at radius 3 is 2.53 bits per heavy atom. The van der Waals surface area contributed by atoms with E-state index in [-0.39, 0.29) is 18.1 Å². The summed E-state index contributed by atoms with van der Waals surface area (Å²) in [4.78, 5) is 25.2. The van der Waals surface area contributed by atoms with Crippen molar-refractivity contribution in [2.75, 3.05) is 7.11 Å². The largest absolute Gasteiger partial charge is 0.493 e. The molecule has 1 atom stereocenters. The number of nitrogens with one attached hydrogen (secondary N) is 2. The van der Waals surface area contributed by atoms with E-state index in [2.05, 4.69) is 38.4 Å². The fourth-order valence-electron chi connectivity index (χ4n) is 3.38. The zero-order chi connectivity index (χ0) is 27.8. The lowest BCUT2D eigenvalue weighted by atomic mass is 10.0. The first-order valence-electron chi connectivity index (χ1n) is 11.4. The minimum absolute atomic E-state index is 0.142. The van der Waals surface area contributed by atoms with Gasteiger partial charge in [0.25, 0.3) is 11.8 Å². The monoisotopic (exact) mass is 671 g/mol. The number of benzene rings is 3. The Balaban J connectivity index is 1.68. The van der Waals surface area contributed by atoms with E-state index in [1.807, 2.05) is 0 Å². The predicted molar refractivity (Wildman–Crippen MR) is 155 cm³/mol. The molecule has 2 amide bonds. The third kappa shape index (κ3) is 7.81. The molecule has 0 aliphatic carbocycles. The van der Waals surface area contributed by atoms with Crippen LogP contribution in [-0.4, -0.2) is 31.2 Å². The van der Waals surface area contributed by atoms with Crippen LogP contribution in [0.5, 0.6) is 11.5 Å². The average Bonchev–Trinajstić information content (AvgIpc) is 2.87. The van der Waals surface area contributed by atoms with Crippen LogP contribution in [-0.2, 0) is 11.4 Å². The van der Waals surface area contributed by atoms with Gasteiger partial charge in [-0.1, -0.05) is 55.2 Å². The molecular formula is C27H25Cl2FIN3O4. The molecule has 0 aliphatic rings. The topological polar surface area (TPSA) is 89.0 Å². The summed E-state index contributed by atoms with van der Waals surface area (Å²) in [6.07, 6.45) is 1.44. The number of carbonyl (C=O) groups is 2. The van der Waals surface area contributed by atoms with E-state index < -0.39 is 23.7 Å². The highest BCUT2D eigenvalue weighted by atomic mass is 127. The Labute approximate surface area is 243 Å². The molecule has 3 rings (SSSR count). The molecule has 0 aromatic heterocycles. The number of rotatable bonds is 10. The van der Waals surface area contributed by atoms with Crippen molar-refractivity contribution in [2.45, 2.75) is 26.5 Å². The number of amides is 2. The number of ether oxygens (including phenoxy) is 2. The lowest BCUT2D eigenvalue weighted by Crippen LogP contribution is -2.48. The highest BCUT2D eigenvalue weighted by Gasteiger charge is 2.25. The van der Waals surface area contributed by atoms with Gasteiger partial charge < -0.3 is 14.8 Å². The zero-order valence-electron chi connectivity index (χ0n) is 20.7. The maximum atomic E-state index is 14.0. The SMILES string of the molecule is COc1cc(C=NNC(=O)C(NC(=O)c2ccccc2F)C(C)C)cc(I)c1OCc1ccc(Cl)cc1Cl. The molecule has 2 N–H and O–H groups in total. The molecule has 0 radical (unpaired) electrons. The van der Waals surface area contributed by atoms with E-state index in [4.69, 9.17) is 32.7 Å². The zero-order valence-corrected chi connectivity index (χ0v) is 24.4. The van der Waals surface area contributed by atoms with Gasteiger partial charge in [0.05, 0.1) is 22.5 Å². The van der Waals surface area contributed by atoms with E-state index in [9.17, 15) is 14.0 Å². The summed E-state index contributed by atoms with van der Waals surface area (Å²) < 4.78 is 26.2. The van der Waals surface area contributed by atoms with Crippen molar-refractivity contribution in [3.05, 3.63) is 90.7 Å². The van der Waals surface area contributed by atoms with Crippen LogP contribution in [0, 0.1) is 15.3 Å². The third-order valence-corrected chi connectivity index (χ3v) is 6.77. The first-order chi connectivity index (χ1) is 18.1. The van der Waals surface area contributed by atoms with Crippen LogP contribution in [0.2, 0.25) is 10.0 Å². The summed E-state index contributed by atoms with van der Waals surface area (Å²) in [6, 6.07) is 13.3. The van der Waals surface area contributed by atoms with E-state index in [0.29, 0.717) is 27.1 Å². The Morgan fingerprint density at radius 1 is 1.13 bits per heavy atom. The summed E-state index contributed by atoms with van der Waals surface area (Å²) >= 11 is 14.3. The molecule has 3 aromatic rings. The Hall–Kier alpha value is -2.89. The van der Waals surface area contributed by atoms with Crippen LogP contribution in [0.15, 0.2) is 59.7 Å². The molecule has 0 saturated heterocycles. The summed E-state index contributed by atoms with van der Waals surface area (Å²) in [5.41, 5.74) is 3.70. The molecule has 11 heteroatoms. The highest BCUT2D eigenvalue weighted by Crippen LogP contribution is 2.35. The molecule has 1 unspecified atom stereocenters. The molecule has 0 spiro atoms. The van der Waals surface area contributed by atoms with Crippen molar-refractivity contribution >= 4 is 63.8 Å². The molecule has 3 aromatic carbocycles. The van der Waals surface area contributed by atoms with Crippen LogP contribution >= 0.6 is 45.8 Å². The second-order valence-corrected chi connectivity index (χ2v) is 10.5. The van der Waals surface area contributed by atoms with Gasteiger partial charge in [-0.15, -0.1) is 0 Å². The Morgan fingerprint density at radius 2 is 1.87 bits per heavy atom. The molecule has 0 saturated carbocycles. The molecule has 0 aliphatic heterocycles. The molecule has 0 bridgehead atoms. The van der Waals surface area contributed by atoms with E-state index in [1.165, 1.54) is 31.5 Å². The number of hydrazone groups is 1. The second kappa shape index (κ2) is 13.8. The predicted octanol–water partition coefficient (Wildman–Crippen LogP) is 6.23. The number of halogens is 4. The van der Waals surface area contributed by atoms with Crippen LogP contribution in [0.25, 0.3) is 0 Å². The fourth-order valence-corrected chi connectivity index (χ4v) is 4.63. The Bertz CT molecular complexity index is 1350. The standard InChI is InChI=1S/C27H25Cl2FIN3O4/c1-15(2)24(33-26(35)19-6-4-5-7-21(19)30)27(36)34-32-13-16-10-22(31)25(23(11-16)37-3)38-14-17-8-9-18(28)12-20(17)29/h4-13,15,24H,14H2,1-3H3,(H,33,35)(H,34,36). The maximum Gasteiger partial charge on any atom is 0.262 e. The molecular weight excluding hydrogens is 647 g/mol. The van der Waals surface area contributed by atoms with Gasteiger partial charge in [0.1, 0.15) is 18.5 Å². The fraction of sp³-hybridized carbons (Fsp3) is 0.222. The van der Waals surface area contributed by atoms with Gasteiger partial charge >= 0.3 is 0 Å². The number of hydrogen-bond donors (Lipinski definition) is 2. The highest BCUT2D eigenvalue weighted by molar-refractivity contribution is 14.1. The van der Waals surface area contributed by atoms with Crippen molar-refractivity contribution in [2.24, 2.45) is 11.0 Å². The smallest absolute Gasteiger partial charge is 0.262 e. The minimum atomic E-state index is -0.926. The van der Waals surface area contributed by atoms with Crippen molar-refractivity contribution < 1.29 is 23.5 Å². The van der Waals surface area contributed by atoms with Crippen molar-refractivity contribution in [1.82, 2.24) is 10.7 Å². The first-order valence-corrected chi connectivity index (χ1v) is 13.3. The minimum Gasteiger partial charge on any atom is -0.493 e.